The van der Waals surface area contributed by atoms with Crippen LogP contribution >= 0.6 is 0 Å². The van der Waals surface area contributed by atoms with Crippen LogP contribution in [-0.4, -0.2) is 64.0 Å². The molecule has 4 rings (SSSR count). The lowest BCUT2D eigenvalue weighted by Gasteiger charge is -2.34. The molecule has 0 bridgehead atoms. The molecule has 0 saturated carbocycles. The topological polar surface area (TPSA) is 59.3 Å². The van der Waals surface area contributed by atoms with Gasteiger partial charge in [-0.25, -0.2) is 14.6 Å². The van der Waals surface area contributed by atoms with Crippen LogP contribution in [0.2, 0.25) is 0 Å². The molecule has 1 unspecified atom stereocenters. The normalized spacial score (nSPS) is 16.6. The molecule has 1 fully saturated rings. The summed E-state index contributed by atoms with van der Waals surface area (Å²) in [5.74, 6) is 0.801. The van der Waals surface area contributed by atoms with Gasteiger partial charge in [0.2, 0.25) is 5.95 Å². The summed E-state index contributed by atoms with van der Waals surface area (Å²) in [5.41, 5.74) is 2.87. The minimum atomic E-state index is -0.103. The molecule has 0 aliphatic carbocycles. The fourth-order valence-corrected chi connectivity index (χ4v) is 3.67. The fraction of sp³-hybridized carbons (Fsp3) is 0.476. The summed E-state index contributed by atoms with van der Waals surface area (Å²) >= 11 is 0. The van der Waals surface area contributed by atoms with Crippen molar-refractivity contribution in [1.29, 1.82) is 0 Å². The number of hydrogen-bond acceptors (Lipinski definition) is 6. The molecule has 3 aromatic rings. The van der Waals surface area contributed by atoms with Crippen LogP contribution in [0.4, 0.5) is 5.95 Å². The summed E-state index contributed by atoms with van der Waals surface area (Å²) in [6.45, 7) is 11.9. The van der Waals surface area contributed by atoms with E-state index in [1.54, 1.807) is 0 Å². The number of likely N-dealkylation sites (N-methyl/N-ethyl adjacent to an activating group) is 1. The molecular formula is C21H28N6O. The van der Waals surface area contributed by atoms with E-state index in [1.807, 2.05) is 43.1 Å². The molecule has 0 radical (unpaired) electrons. The lowest BCUT2D eigenvalue weighted by atomic mass is 10.1. The third-order valence-electron chi connectivity index (χ3n) is 5.35. The summed E-state index contributed by atoms with van der Waals surface area (Å²) in [4.78, 5) is 14.6. The lowest BCUT2D eigenvalue weighted by Crippen LogP contribution is -2.46. The molecule has 0 N–H and O–H groups in total. The molecular weight excluding hydrogens is 352 g/mol. The van der Waals surface area contributed by atoms with E-state index < -0.39 is 0 Å². The van der Waals surface area contributed by atoms with Crippen molar-refractivity contribution in [2.75, 3.05) is 44.2 Å². The van der Waals surface area contributed by atoms with Gasteiger partial charge in [-0.15, -0.1) is 0 Å². The second-order valence-corrected chi connectivity index (χ2v) is 7.07. The van der Waals surface area contributed by atoms with Gasteiger partial charge in [-0.3, -0.25) is 0 Å². The zero-order valence-corrected chi connectivity index (χ0v) is 16.9. The summed E-state index contributed by atoms with van der Waals surface area (Å²) in [6.07, 6.45) is 3.77. The van der Waals surface area contributed by atoms with Crippen LogP contribution < -0.4 is 4.90 Å². The predicted octanol–water partition coefficient (Wildman–Crippen LogP) is 3.19. The van der Waals surface area contributed by atoms with E-state index in [1.165, 1.54) is 0 Å². The molecule has 2 aromatic heterocycles. The summed E-state index contributed by atoms with van der Waals surface area (Å²) in [6, 6.07) is 8.19. The van der Waals surface area contributed by atoms with Crippen LogP contribution in [0.5, 0.6) is 0 Å². The highest BCUT2D eigenvalue weighted by atomic mass is 16.5. The average molecular weight is 380 g/mol. The smallest absolute Gasteiger partial charge is 0.226 e. The summed E-state index contributed by atoms with van der Waals surface area (Å²) < 4.78 is 7.50. The Morgan fingerprint density at radius 3 is 2.61 bits per heavy atom. The van der Waals surface area contributed by atoms with Gasteiger partial charge in [-0.2, -0.15) is 5.10 Å². The third kappa shape index (κ3) is 3.72. The molecule has 1 atom stereocenters. The quantitative estimate of drug-likeness (QED) is 0.655. The van der Waals surface area contributed by atoms with Crippen molar-refractivity contribution in [2.45, 2.75) is 27.0 Å². The van der Waals surface area contributed by atoms with E-state index in [0.29, 0.717) is 6.61 Å². The second-order valence-electron chi connectivity index (χ2n) is 7.07. The minimum Gasteiger partial charge on any atom is -0.357 e. The van der Waals surface area contributed by atoms with Gasteiger partial charge < -0.3 is 14.5 Å². The van der Waals surface area contributed by atoms with E-state index in [9.17, 15) is 0 Å². The molecule has 0 spiro atoms. The van der Waals surface area contributed by atoms with Gasteiger partial charge in [-0.05, 0) is 26.5 Å². The highest BCUT2D eigenvalue weighted by molar-refractivity contribution is 5.92. The van der Waals surface area contributed by atoms with Crippen molar-refractivity contribution in [3.05, 3.63) is 36.7 Å². The Bertz CT molecular complexity index is 932. The van der Waals surface area contributed by atoms with Crippen molar-refractivity contribution >= 4 is 16.9 Å². The Kier molecular flexibility index (Phi) is 5.54. The molecule has 148 valence electrons. The number of rotatable bonds is 6. The van der Waals surface area contributed by atoms with Crippen LogP contribution in [0.25, 0.3) is 22.2 Å². The fourth-order valence-electron chi connectivity index (χ4n) is 3.67. The van der Waals surface area contributed by atoms with Gasteiger partial charge in [-0.1, -0.05) is 25.1 Å². The number of ether oxygens (including phenoxy) is 1. The van der Waals surface area contributed by atoms with Gasteiger partial charge in [0.05, 0.1) is 17.4 Å². The van der Waals surface area contributed by atoms with Crippen molar-refractivity contribution in [3.63, 3.8) is 0 Å². The zero-order chi connectivity index (χ0) is 19.5. The van der Waals surface area contributed by atoms with Gasteiger partial charge >= 0.3 is 0 Å². The van der Waals surface area contributed by atoms with Gasteiger partial charge in [0.1, 0.15) is 6.23 Å². The van der Waals surface area contributed by atoms with Crippen LogP contribution in [0.3, 0.4) is 0 Å². The number of fused-ring (bicyclic) bond motifs is 1. The first-order chi connectivity index (χ1) is 13.7. The molecule has 3 heterocycles. The third-order valence-corrected chi connectivity index (χ3v) is 5.35. The Labute approximate surface area is 165 Å². The van der Waals surface area contributed by atoms with E-state index in [0.717, 1.165) is 60.8 Å². The lowest BCUT2D eigenvalue weighted by molar-refractivity contribution is 0.0160. The Hall–Kier alpha value is -2.51. The number of benzene rings is 1. The standard InChI is InChI=1S/C21H28N6O/c1-4-25-10-12-26(13-11-25)21-23-19-9-7-6-8-18(19)20(24-21)17-14-22-27(15-17)16(3)28-5-2/h6-9,14-16H,4-5,10-13H2,1-3H3. The van der Waals surface area contributed by atoms with Gasteiger partial charge in [0, 0.05) is 49.9 Å². The molecule has 7 nitrogen and oxygen atoms in total. The van der Waals surface area contributed by atoms with Crippen LogP contribution in [0.15, 0.2) is 36.7 Å². The van der Waals surface area contributed by atoms with Crippen LogP contribution in [-0.2, 0) is 4.74 Å². The zero-order valence-electron chi connectivity index (χ0n) is 16.9. The maximum Gasteiger partial charge on any atom is 0.226 e. The van der Waals surface area contributed by atoms with Crippen molar-refractivity contribution < 1.29 is 4.74 Å². The van der Waals surface area contributed by atoms with E-state index >= 15 is 0 Å². The monoisotopic (exact) mass is 380 g/mol. The number of aromatic nitrogens is 4. The highest BCUT2D eigenvalue weighted by Crippen LogP contribution is 2.29. The van der Waals surface area contributed by atoms with E-state index in [2.05, 4.69) is 34.0 Å². The number of hydrogen-bond donors (Lipinski definition) is 0. The van der Waals surface area contributed by atoms with E-state index in [4.69, 9.17) is 14.7 Å². The number of para-hydroxylation sites is 1. The Morgan fingerprint density at radius 1 is 1.07 bits per heavy atom. The maximum absolute atomic E-state index is 5.66. The molecule has 7 heteroatoms. The van der Waals surface area contributed by atoms with E-state index in [-0.39, 0.29) is 6.23 Å². The highest BCUT2D eigenvalue weighted by Gasteiger charge is 2.20. The molecule has 28 heavy (non-hydrogen) atoms. The van der Waals surface area contributed by atoms with Crippen molar-refractivity contribution in [2.24, 2.45) is 0 Å². The van der Waals surface area contributed by atoms with Crippen LogP contribution in [0.1, 0.15) is 27.0 Å². The predicted molar refractivity (Wildman–Crippen MR) is 111 cm³/mol. The summed E-state index contributed by atoms with van der Waals surface area (Å²) in [7, 11) is 0. The van der Waals surface area contributed by atoms with Crippen molar-refractivity contribution in [1.82, 2.24) is 24.6 Å². The first kappa shape index (κ1) is 18.8. The number of anilines is 1. The van der Waals surface area contributed by atoms with Gasteiger partial charge in [0.15, 0.2) is 0 Å². The molecule has 1 aliphatic heterocycles. The average Bonchev–Trinajstić information content (AvgIpc) is 3.23. The van der Waals surface area contributed by atoms with Crippen LogP contribution in [0, 0.1) is 0 Å². The largest absolute Gasteiger partial charge is 0.357 e. The second kappa shape index (κ2) is 8.24. The minimum absolute atomic E-state index is 0.103. The molecule has 1 aromatic carbocycles. The SMILES string of the molecule is CCOC(C)n1cc(-c2nc(N3CCN(CC)CC3)nc3ccccc23)cn1. The Morgan fingerprint density at radius 2 is 1.86 bits per heavy atom. The molecule has 0 amide bonds. The molecule has 1 aliphatic rings. The van der Waals surface area contributed by atoms with Gasteiger partial charge in [0.25, 0.3) is 0 Å². The number of piperazine rings is 1. The molecule has 1 saturated heterocycles. The number of nitrogens with zero attached hydrogens (tertiary/aromatic N) is 6. The maximum atomic E-state index is 5.66. The van der Waals surface area contributed by atoms with Crippen molar-refractivity contribution in [3.8, 4) is 11.3 Å². The first-order valence-corrected chi connectivity index (χ1v) is 10.1. The first-order valence-electron chi connectivity index (χ1n) is 10.1. The summed E-state index contributed by atoms with van der Waals surface area (Å²) in [5, 5.41) is 5.54. The Balaban J connectivity index is 1.71.